The second-order valence-electron chi connectivity index (χ2n) is 7.80. The SMILES string of the molecule is Cc1nc(CC(=O)Nc2ccc3cc2CCc2cccc(c2)Nc2ncc(Cl)c(n2)N3)cs1. The summed E-state index contributed by atoms with van der Waals surface area (Å²) in [5.74, 6) is 0.876. The maximum atomic E-state index is 12.7. The Kier molecular flexibility index (Phi) is 5.93. The highest BCUT2D eigenvalue weighted by Gasteiger charge is 2.13. The fourth-order valence-electron chi connectivity index (χ4n) is 3.71. The lowest BCUT2D eigenvalue weighted by atomic mass is 10.0. The summed E-state index contributed by atoms with van der Waals surface area (Å²) in [5.41, 5.74) is 5.49. The summed E-state index contributed by atoms with van der Waals surface area (Å²) >= 11 is 7.88. The smallest absolute Gasteiger partial charge is 0.230 e. The van der Waals surface area contributed by atoms with E-state index in [2.05, 4.69) is 43.0 Å². The molecule has 0 radical (unpaired) electrons. The molecule has 0 fully saturated rings. The van der Waals surface area contributed by atoms with Crippen LogP contribution in [0.1, 0.15) is 21.8 Å². The predicted octanol–water partition coefficient (Wildman–Crippen LogP) is 5.66. The Morgan fingerprint density at radius 1 is 1.12 bits per heavy atom. The zero-order chi connectivity index (χ0) is 22.8. The normalized spacial score (nSPS) is 12.4. The van der Waals surface area contributed by atoms with Crippen LogP contribution in [-0.4, -0.2) is 20.9 Å². The van der Waals surface area contributed by atoms with Gasteiger partial charge in [0.05, 0.1) is 23.3 Å². The van der Waals surface area contributed by atoms with Gasteiger partial charge in [0.25, 0.3) is 0 Å². The van der Waals surface area contributed by atoms with Crippen molar-refractivity contribution in [3.63, 3.8) is 0 Å². The van der Waals surface area contributed by atoms with Crippen molar-refractivity contribution < 1.29 is 4.79 Å². The highest BCUT2D eigenvalue weighted by molar-refractivity contribution is 7.09. The van der Waals surface area contributed by atoms with Gasteiger partial charge in [0.2, 0.25) is 11.9 Å². The number of aromatic nitrogens is 3. The first-order valence-electron chi connectivity index (χ1n) is 10.5. The summed E-state index contributed by atoms with van der Waals surface area (Å²) in [6, 6.07) is 14.0. The fourth-order valence-corrected chi connectivity index (χ4v) is 4.46. The predicted molar refractivity (Wildman–Crippen MR) is 133 cm³/mol. The van der Waals surface area contributed by atoms with Gasteiger partial charge in [-0.2, -0.15) is 4.98 Å². The molecule has 7 nitrogen and oxygen atoms in total. The summed E-state index contributed by atoms with van der Waals surface area (Å²) < 4.78 is 0. The Morgan fingerprint density at radius 3 is 2.85 bits per heavy atom. The van der Waals surface area contributed by atoms with Gasteiger partial charge in [-0.05, 0) is 61.2 Å². The van der Waals surface area contributed by atoms with Crippen molar-refractivity contribution in [1.29, 1.82) is 0 Å². The number of rotatable bonds is 3. The molecule has 2 aromatic carbocycles. The Hall–Kier alpha value is -3.49. The molecule has 2 aromatic heterocycles. The van der Waals surface area contributed by atoms with E-state index in [1.165, 1.54) is 5.56 Å². The number of halogens is 1. The Balaban J connectivity index is 1.47. The van der Waals surface area contributed by atoms with Crippen LogP contribution in [0.25, 0.3) is 0 Å². The molecule has 1 aliphatic heterocycles. The number of thiazole rings is 1. The van der Waals surface area contributed by atoms with E-state index in [1.807, 2.05) is 42.6 Å². The zero-order valence-corrected chi connectivity index (χ0v) is 19.4. The van der Waals surface area contributed by atoms with Crippen molar-refractivity contribution in [2.24, 2.45) is 0 Å². The van der Waals surface area contributed by atoms with Gasteiger partial charge in [0.15, 0.2) is 5.82 Å². The number of amides is 1. The van der Waals surface area contributed by atoms with E-state index in [4.69, 9.17) is 11.6 Å². The molecule has 33 heavy (non-hydrogen) atoms. The average Bonchev–Trinajstić information content (AvgIpc) is 3.20. The first-order chi connectivity index (χ1) is 16.0. The van der Waals surface area contributed by atoms with E-state index in [9.17, 15) is 4.79 Å². The third-order valence-electron chi connectivity index (χ3n) is 5.26. The summed E-state index contributed by atoms with van der Waals surface area (Å²) in [7, 11) is 0. The zero-order valence-electron chi connectivity index (χ0n) is 17.9. The second-order valence-corrected chi connectivity index (χ2v) is 9.26. The number of aryl methyl sites for hydroxylation is 3. The molecule has 1 aliphatic rings. The Labute approximate surface area is 200 Å². The molecule has 9 heteroatoms. The van der Waals surface area contributed by atoms with Gasteiger partial charge in [-0.25, -0.2) is 9.97 Å². The third kappa shape index (κ3) is 5.13. The molecule has 3 heterocycles. The van der Waals surface area contributed by atoms with E-state index in [1.54, 1.807) is 17.5 Å². The van der Waals surface area contributed by atoms with Gasteiger partial charge in [0, 0.05) is 22.4 Å². The van der Waals surface area contributed by atoms with Gasteiger partial charge in [0.1, 0.15) is 5.02 Å². The number of hydrogen-bond donors (Lipinski definition) is 3. The number of fused-ring (bicyclic) bond motifs is 6. The number of nitrogens with zero attached hydrogens (tertiary/aromatic N) is 3. The molecule has 0 atom stereocenters. The van der Waals surface area contributed by atoms with Gasteiger partial charge in [-0.1, -0.05) is 23.7 Å². The lowest BCUT2D eigenvalue weighted by Gasteiger charge is -2.14. The van der Waals surface area contributed by atoms with E-state index < -0.39 is 0 Å². The standard InChI is InChI=1S/C24H21ClN6OS/c1-14-27-19(13-33-14)11-22(32)30-21-8-7-18-10-16(21)6-5-15-3-2-4-17(9-15)29-24-26-12-20(25)23(28-18)31-24/h2-4,7-10,12-13H,5-6,11H2,1H3,(H,30,32)(H2,26,28,29,31). The van der Waals surface area contributed by atoms with Crippen molar-refractivity contribution in [3.05, 3.63) is 80.9 Å². The van der Waals surface area contributed by atoms with Crippen LogP contribution in [0, 0.1) is 6.92 Å². The minimum absolute atomic E-state index is 0.0881. The molecule has 166 valence electrons. The highest BCUT2D eigenvalue weighted by atomic mass is 35.5. The van der Waals surface area contributed by atoms with Crippen LogP contribution in [0.2, 0.25) is 5.02 Å². The lowest BCUT2D eigenvalue weighted by molar-refractivity contribution is -0.115. The van der Waals surface area contributed by atoms with E-state index >= 15 is 0 Å². The van der Waals surface area contributed by atoms with Crippen molar-refractivity contribution in [2.45, 2.75) is 26.2 Å². The second kappa shape index (κ2) is 9.17. The molecule has 0 unspecified atom stereocenters. The number of carbonyl (C=O) groups is 1. The summed E-state index contributed by atoms with van der Waals surface area (Å²) in [4.78, 5) is 25.9. The summed E-state index contributed by atoms with van der Waals surface area (Å²) in [5, 5.41) is 12.9. The molecule has 0 saturated heterocycles. The minimum Gasteiger partial charge on any atom is -0.339 e. The average molecular weight is 477 g/mol. The summed E-state index contributed by atoms with van der Waals surface area (Å²) in [6.45, 7) is 1.93. The monoisotopic (exact) mass is 476 g/mol. The Morgan fingerprint density at radius 2 is 2.00 bits per heavy atom. The molecular weight excluding hydrogens is 456 g/mol. The first-order valence-corrected chi connectivity index (χ1v) is 11.8. The van der Waals surface area contributed by atoms with Crippen LogP contribution < -0.4 is 16.0 Å². The van der Waals surface area contributed by atoms with Crippen LogP contribution in [-0.2, 0) is 24.1 Å². The number of anilines is 5. The maximum absolute atomic E-state index is 12.7. The van der Waals surface area contributed by atoms with Crippen molar-refractivity contribution in [3.8, 4) is 0 Å². The molecule has 1 amide bonds. The molecule has 4 aromatic rings. The number of hydrogen-bond acceptors (Lipinski definition) is 7. The van der Waals surface area contributed by atoms with Gasteiger partial charge < -0.3 is 16.0 Å². The van der Waals surface area contributed by atoms with Crippen molar-refractivity contribution in [1.82, 2.24) is 15.0 Å². The van der Waals surface area contributed by atoms with Crippen LogP contribution in [0.15, 0.2) is 54.0 Å². The molecule has 0 saturated carbocycles. The molecule has 5 rings (SSSR count). The first kappa shape index (κ1) is 21.4. The Bertz CT molecular complexity index is 1340. The largest absolute Gasteiger partial charge is 0.339 e. The minimum atomic E-state index is -0.0881. The molecule has 0 spiro atoms. The van der Waals surface area contributed by atoms with Gasteiger partial charge >= 0.3 is 0 Å². The quantitative estimate of drug-likeness (QED) is 0.353. The number of benzene rings is 2. The van der Waals surface area contributed by atoms with Crippen LogP contribution >= 0.6 is 22.9 Å². The van der Waals surface area contributed by atoms with Crippen LogP contribution in [0.3, 0.4) is 0 Å². The molecule has 6 bridgehead atoms. The third-order valence-corrected chi connectivity index (χ3v) is 6.36. The number of carbonyl (C=O) groups excluding carboxylic acids is 1. The van der Waals surface area contributed by atoms with E-state index in [0.717, 1.165) is 46.2 Å². The highest BCUT2D eigenvalue weighted by Crippen LogP contribution is 2.29. The number of nitrogens with one attached hydrogen (secondary N) is 3. The molecule has 3 N–H and O–H groups in total. The van der Waals surface area contributed by atoms with Gasteiger partial charge in [-0.3, -0.25) is 4.79 Å². The van der Waals surface area contributed by atoms with Crippen molar-refractivity contribution in [2.75, 3.05) is 16.0 Å². The van der Waals surface area contributed by atoms with E-state index in [-0.39, 0.29) is 12.3 Å². The fraction of sp³-hybridized carbons (Fsp3) is 0.167. The van der Waals surface area contributed by atoms with Crippen LogP contribution in [0.4, 0.5) is 28.8 Å². The topological polar surface area (TPSA) is 91.8 Å². The molecular formula is C24H21ClN6OS. The maximum Gasteiger partial charge on any atom is 0.230 e. The van der Waals surface area contributed by atoms with Crippen LogP contribution in [0.5, 0.6) is 0 Å². The van der Waals surface area contributed by atoms with Crippen molar-refractivity contribution >= 4 is 57.7 Å². The van der Waals surface area contributed by atoms with E-state index in [0.29, 0.717) is 16.8 Å². The summed E-state index contributed by atoms with van der Waals surface area (Å²) in [6.07, 6.45) is 3.38. The lowest BCUT2D eigenvalue weighted by Crippen LogP contribution is -2.16. The van der Waals surface area contributed by atoms with Gasteiger partial charge in [-0.15, -0.1) is 11.3 Å². The molecule has 0 aliphatic carbocycles.